The topological polar surface area (TPSA) is 20.2 Å². The van der Waals surface area contributed by atoms with Crippen molar-refractivity contribution in [2.45, 2.75) is 31.8 Å². The third-order valence-corrected chi connectivity index (χ3v) is 3.60. The first-order valence-electron chi connectivity index (χ1n) is 6.47. The number of aliphatic hydroxyl groups is 1. The van der Waals surface area contributed by atoms with Gasteiger partial charge in [-0.25, -0.2) is 0 Å². The maximum atomic E-state index is 10.7. The van der Waals surface area contributed by atoms with E-state index >= 15 is 0 Å². The molecule has 0 radical (unpaired) electrons. The average molecular weight is 240 g/mol. The van der Waals surface area contributed by atoms with Crippen LogP contribution in [0.5, 0.6) is 0 Å². The van der Waals surface area contributed by atoms with Gasteiger partial charge in [0, 0.05) is 5.92 Å². The lowest BCUT2D eigenvalue weighted by atomic mass is 9.77. The van der Waals surface area contributed by atoms with Crippen LogP contribution in [-0.2, 0) is 0 Å². The molecular weight excluding hydrogens is 220 g/mol. The van der Waals surface area contributed by atoms with E-state index in [1.54, 1.807) is 0 Å². The van der Waals surface area contributed by atoms with Crippen LogP contribution in [0.2, 0.25) is 0 Å². The molecule has 1 unspecified atom stereocenters. The van der Waals surface area contributed by atoms with Crippen LogP contribution in [0.25, 0.3) is 0 Å². The molecule has 1 atom stereocenters. The molecule has 2 rings (SSSR count). The smallest absolute Gasteiger partial charge is 0.0725 e. The lowest BCUT2D eigenvalue weighted by Crippen LogP contribution is -2.32. The third-order valence-electron chi connectivity index (χ3n) is 3.60. The van der Waals surface area contributed by atoms with Gasteiger partial charge in [-0.3, -0.25) is 0 Å². The molecule has 0 bridgehead atoms. The average Bonchev–Trinajstić information content (AvgIpc) is 2.41. The van der Waals surface area contributed by atoms with Crippen LogP contribution in [-0.4, -0.2) is 10.7 Å². The van der Waals surface area contributed by atoms with Gasteiger partial charge in [-0.15, -0.1) is 0 Å². The molecule has 1 nitrogen and oxygen atoms in total. The summed E-state index contributed by atoms with van der Waals surface area (Å²) in [6, 6.07) is 20.5. The molecule has 0 aliphatic heterocycles. The number of rotatable bonds is 4. The van der Waals surface area contributed by atoms with E-state index in [4.69, 9.17) is 0 Å². The second kappa shape index (κ2) is 5.36. The summed E-state index contributed by atoms with van der Waals surface area (Å²) < 4.78 is 0. The minimum absolute atomic E-state index is 0.0184. The molecule has 0 saturated carbocycles. The maximum Gasteiger partial charge on any atom is 0.0725 e. The van der Waals surface area contributed by atoms with Gasteiger partial charge in [-0.2, -0.15) is 0 Å². The Morgan fingerprint density at radius 2 is 1.28 bits per heavy atom. The molecule has 2 aromatic rings. The van der Waals surface area contributed by atoms with E-state index in [0.717, 1.165) is 17.5 Å². The maximum absolute atomic E-state index is 10.7. The summed E-state index contributed by atoms with van der Waals surface area (Å²) in [5, 5.41) is 10.7. The fraction of sp³-hybridized carbons (Fsp3) is 0.294. The summed E-state index contributed by atoms with van der Waals surface area (Å²) in [4.78, 5) is 0. The highest BCUT2D eigenvalue weighted by Crippen LogP contribution is 2.36. The molecule has 0 fully saturated rings. The summed E-state index contributed by atoms with van der Waals surface area (Å²) in [5.74, 6) is 0.0184. The Morgan fingerprint density at radius 3 is 1.61 bits per heavy atom. The van der Waals surface area contributed by atoms with Crippen molar-refractivity contribution in [1.82, 2.24) is 0 Å². The van der Waals surface area contributed by atoms with Crippen molar-refractivity contribution in [3.8, 4) is 0 Å². The van der Waals surface area contributed by atoms with Gasteiger partial charge in [0.05, 0.1) is 5.60 Å². The molecule has 0 aliphatic carbocycles. The zero-order chi connectivity index (χ0) is 13.0. The van der Waals surface area contributed by atoms with Gasteiger partial charge in [0.2, 0.25) is 0 Å². The largest absolute Gasteiger partial charge is 0.389 e. The number of benzene rings is 2. The number of hydrogen-bond donors (Lipinski definition) is 1. The van der Waals surface area contributed by atoms with Gasteiger partial charge in [0.1, 0.15) is 0 Å². The number of hydrogen-bond acceptors (Lipinski definition) is 1. The minimum atomic E-state index is -0.733. The molecule has 18 heavy (non-hydrogen) atoms. The quantitative estimate of drug-likeness (QED) is 0.857. The minimum Gasteiger partial charge on any atom is -0.389 e. The fourth-order valence-electron chi connectivity index (χ4n) is 2.41. The monoisotopic (exact) mass is 240 g/mol. The van der Waals surface area contributed by atoms with Crippen LogP contribution in [0.15, 0.2) is 60.7 Å². The normalized spacial score (nSPS) is 14.4. The predicted molar refractivity (Wildman–Crippen MR) is 75.6 cm³/mol. The highest BCUT2D eigenvalue weighted by Gasteiger charge is 2.32. The van der Waals surface area contributed by atoms with E-state index in [1.807, 2.05) is 50.2 Å². The van der Waals surface area contributed by atoms with Crippen LogP contribution < -0.4 is 0 Å². The Hall–Kier alpha value is -1.60. The molecular formula is C17H20O. The molecule has 0 spiro atoms. The molecule has 1 heteroatoms. The SMILES string of the molecule is CCC(C)(O)C(c1ccccc1)c1ccccc1. The summed E-state index contributed by atoms with van der Waals surface area (Å²) >= 11 is 0. The van der Waals surface area contributed by atoms with Crippen molar-refractivity contribution in [2.24, 2.45) is 0 Å². The first-order valence-corrected chi connectivity index (χ1v) is 6.47. The first kappa shape index (κ1) is 12.8. The third kappa shape index (κ3) is 2.62. The van der Waals surface area contributed by atoms with E-state index in [1.165, 1.54) is 0 Å². The van der Waals surface area contributed by atoms with Gasteiger partial charge >= 0.3 is 0 Å². The van der Waals surface area contributed by atoms with Gasteiger partial charge in [0.25, 0.3) is 0 Å². The van der Waals surface area contributed by atoms with Gasteiger partial charge < -0.3 is 5.11 Å². The molecule has 0 saturated heterocycles. The van der Waals surface area contributed by atoms with E-state index < -0.39 is 5.60 Å². The van der Waals surface area contributed by atoms with Crippen molar-refractivity contribution in [3.63, 3.8) is 0 Å². The second-order valence-corrected chi connectivity index (χ2v) is 4.97. The van der Waals surface area contributed by atoms with Crippen molar-refractivity contribution in [1.29, 1.82) is 0 Å². The van der Waals surface area contributed by atoms with Crippen molar-refractivity contribution in [3.05, 3.63) is 71.8 Å². The Bertz CT molecular complexity index is 434. The summed E-state index contributed by atoms with van der Waals surface area (Å²) in [5.41, 5.74) is 1.59. The lowest BCUT2D eigenvalue weighted by molar-refractivity contribution is 0.0389. The van der Waals surface area contributed by atoms with Gasteiger partial charge in [0.15, 0.2) is 0 Å². The van der Waals surface area contributed by atoms with E-state index in [-0.39, 0.29) is 5.92 Å². The summed E-state index contributed by atoms with van der Waals surface area (Å²) in [7, 11) is 0. The Morgan fingerprint density at radius 1 is 0.889 bits per heavy atom. The van der Waals surface area contributed by atoms with Crippen LogP contribution >= 0.6 is 0 Å². The summed E-state index contributed by atoms with van der Waals surface area (Å²) in [6.07, 6.45) is 0.724. The predicted octanol–water partition coefficient (Wildman–Crippen LogP) is 3.98. The lowest BCUT2D eigenvalue weighted by Gasteiger charge is -2.33. The van der Waals surface area contributed by atoms with Crippen LogP contribution in [0.4, 0.5) is 0 Å². The summed E-state index contributed by atoms with van der Waals surface area (Å²) in [6.45, 7) is 3.94. The van der Waals surface area contributed by atoms with E-state index in [9.17, 15) is 5.11 Å². The van der Waals surface area contributed by atoms with Crippen molar-refractivity contribution >= 4 is 0 Å². The molecule has 2 aromatic carbocycles. The van der Waals surface area contributed by atoms with Gasteiger partial charge in [-0.1, -0.05) is 67.6 Å². The van der Waals surface area contributed by atoms with Crippen molar-refractivity contribution < 1.29 is 5.11 Å². The van der Waals surface area contributed by atoms with Crippen LogP contribution in [0.1, 0.15) is 37.3 Å². The van der Waals surface area contributed by atoms with Gasteiger partial charge in [-0.05, 0) is 24.5 Å². The molecule has 0 aromatic heterocycles. The van der Waals surface area contributed by atoms with Crippen molar-refractivity contribution in [2.75, 3.05) is 0 Å². The second-order valence-electron chi connectivity index (χ2n) is 4.97. The molecule has 1 N–H and O–H groups in total. The zero-order valence-electron chi connectivity index (χ0n) is 11.0. The Balaban J connectivity index is 2.49. The fourth-order valence-corrected chi connectivity index (χ4v) is 2.41. The molecule has 0 heterocycles. The first-order chi connectivity index (χ1) is 8.65. The Kier molecular flexibility index (Phi) is 3.83. The van der Waals surface area contributed by atoms with E-state index in [2.05, 4.69) is 24.3 Å². The molecule has 0 aliphatic rings. The van der Waals surface area contributed by atoms with Crippen LogP contribution in [0.3, 0.4) is 0 Å². The Labute approximate surface area is 109 Å². The standard InChI is InChI=1S/C17H20O/c1-3-17(2,18)16(14-10-6-4-7-11-14)15-12-8-5-9-13-15/h4-13,16,18H,3H2,1-2H3. The molecule has 0 amide bonds. The highest BCUT2D eigenvalue weighted by atomic mass is 16.3. The highest BCUT2D eigenvalue weighted by molar-refractivity contribution is 5.35. The zero-order valence-corrected chi connectivity index (χ0v) is 11.0. The van der Waals surface area contributed by atoms with Crippen LogP contribution in [0, 0.1) is 0 Å². The van der Waals surface area contributed by atoms with E-state index in [0.29, 0.717) is 0 Å². The molecule has 94 valence electrons.